The first kappa shape index (κ1) is 31.3. The highest BCUT2D eigenvalue weighted by Gasteiger charge is 2.42. The van der Waals surface area contributed by atoms with Crippen molar-refractivity contribution in [2.45, 2.75) is 39.2 Å². The molecular formula is C33H37N3O7S. The number of nitrogens with zero attached hydrogens (tertiary/aromatic N) is 3. The summed E-state index contributed by atoms with van der Waals surface area (Å²) in [6, 6.07) is 16.4. The number of benzene rings is 2. The van der Waals surface area contributed by atoms with Crippen LogP contribution in [-0.2, 0) is 28.6 Å². The molecule has 0 bridgehead atoms. The molecule has 0 radical (unpaired) electrons. The van der Waals surface area contributed by atoms with E-state index in [0.717, 1.165) is 12.0 Å². The van der Waals surface area contributed by atoms with Gasteiger partial charge in [0.1, 0.15) is 18.1 Å². The number of esters is 2. The molecule has 0 N–H and O–H groups in total. The number of likely N-dealkylation sites (tertiary alicyclic amines) is 1. The molecule has 0 aromatic heterocycles. The van der Waals surface area contributed by atoms with Gasteiger partial charge in [-0.3, -0.25) is 9.59 Å². The molecule has 44 heavy (non-hydrogen) atoms. The Labute approximate surface area is 261 Å². The van der Waals surface area contributed by atoms with E-state index in [-0.39, 0.29) is 37.4 Å². The number of ether oxygens (including phenoxy) is 4. The predicted octanol–water partition coefficient (Wildman–Crippen LogP) is 5.44. The summed E-state index contributed by atoms with van der Waals surface area (Å²) < 4.78 is 22.0. The highest BCUT2D eigenvalue weighted by Crippen LogP contribution is 2.45. The van der Waals surface area contributed by atoms with Crippen molar-refractivity contribution >= 4 is 34.8 Å². The van der Waals surface area contributed by atoms with Crippen LogP contribution in [0, 0.1) is 5.92 Å². The summed E-state index contributed by atoms with van der Waals surface area (Å²) in [6.45, 7) is 5.15. The van der Waals surface area contributed by atoms with E-state index in [4.69, 9.17) is 23.9 Å². The number of amides is 1. The average molecular weight is 620 g/mol. The van der Waals surface area contributed by atoms with Crippen LogP contribution in [0.5, 0.6) is 11.5 Å². The van der Waals surface area contributed by atoms with Crippen molar-refractivity contribution in [3.8, 4) is 11.5 Å². The SMILES string of the molecule is CCOC(=O)[C@@H]1CCCN(C(=O)CC2=CSC3=NC(C)=C(C(=O)OCCOC)[C@@H](c4cccc(Oc5ccccc5)c4)N23)C1. The Bertz CT molecular complexity index is 1470. The van der Waals surface area contributed by atoms with Gasteiger partial charge < -0.3 is 28.7 Å². The molecule has 11 heteroatoms. The van der Waals surface area contributed by atoms with Crippen molar-refractivity contribution in [3.63, 3.8) is 0 Å². The number of amidine groups is 1. The molecule has 0 unspecified atom stereocenters. The van der Waals surface area contributed by atoms with E-state index in [1.807, 2.05) is 64.9 Å². The number of hydrogen-bond acceptors (Lipinski definition) is 10. The molecule has 2 aromatic carbocycles. The fourth-order valence-corrected chi connectivity index (χ4v) is 6.50. The summed E-state index contributed by atoms with van der Waals surface area (Å²) in [5.41, 5.74) is 2.42. The van der Waals surface area contributed by atoms with Gasteiger partial charge >= 0.3 is 11.9 Å². The van der Waals surface area contributed by atoms with Crippen LogP contribution in [0.4, 0.5) is 0 Å². The summed E-state index contributed by atoms with van der Waals surface area (Å²) >= 11 is 1.41. The number of para-hydroxylation sites is 1. The summed E-state index contributed by atoms with van der Waals surface area (Å²) in [7, 11) is 1.55. The molecule has 2 aromatic rings. The molecule has 0 aliphatic carbocycles. The van der Waals surface area contributed by atoms with Crippen molar-refractivity contribution in [2.75, 3.05) is 40.0 Å². The minimum absolute atomic E-state index is 0.0866. The number of carbonyl (C=O) groups is 3. The Morgan fingerprint density at radius 1 is 1.02 bits per heavy atom. The third-order valence-corrected chi connectivity index (χ3v) is 8.51. The summed E-state index contributed by atoms with van der Waals surface area (Å²) in [5, 5.41) is 2.58. The minimum Gasteiger partial charge on any atom is -0.466 e. The minimum atomic E-state index is -0.612. The van der Waals surface area contributed by atoms with E-state index in [2.05, 4.69) is 0 Å². The molecule has 232 valence electrons. The molecule has 3 heterocycles. The van der Waals surface area contributed by atoms with Crippen LogP contribution in [-0.4, -0.2) is 72.8 Å². The fourth-order valence-electron chi connectivity index (χ4n) is 5.54. The summed E-state index contributed by atoms with van der Waals surface area (Å²) in [6.07, 6.45) is 1.52. The number of carbonyl (C=O) groups excluding carboxylic acids is 3. The first-order chi connectivity index (χ1) is 21.4. The van der Waals surface area contributed by atoms with Gasteiger partial charge in [0.15, 0.2) is 5.17 Å². The summed E-state index contributed by atoms with van der Waals surface area (Å²) in [5.74, 6) is 0.105. The molecule has 1 amide bonds. The van der Waals surface area contributed by atoms with E-state index in [0.29, 0.717) is 59.8 Å². The van der Waals surface area contributed by atoms with Gasteiger partial charge in [0.05, 0.1) is 42.9 Å². The molecule has 5 rings (SSSR count). The monoisotopic (exact) mass is 619 g/mol. The van der Waals surface area contributed by atoms with E-state index in [1.165, 1.54) is 11.8 Å². The maximum Gasteiger partial charge on any atom is 0.338 e. The number of rotatable bonds is 11. The Morgan fingerprint density at radius 3 is 2.59 bits per heavy atom. The van der Waals surface area contributed by atoms with E-state index in [1.54, 1.807) is 25.9 Å². The molecule has 10 nitrogen and oxygen atoms in total. The standard InChI is InChI=1S/C33H37N3O7S/c1-4-41-31(38)24-11-9-15-35(20-24)28(37)19-25-21-44-33-34-22(2)29(32(39)42-17-16-40-3)30(36(25)33)23-10-8-14-27(18-23)43-26-12-6-5-7-13-26/h5-8,10,12-14,18,21,24,30H,4,9,11,15-17,19-20H2,1-3H3/t24-,30-/m1/s1. The first-order valence-corrected chi connectivity index (χ1v) is 15.6. The Morgan fingerprint density at radius 2 is 1.82 bits per heavy atom. The van der Waals surface area contributed by atoms with E-state index in [9.17, 15) is 14.4 Å². The molecule has 2 atom stereocenters. The average Bonchev–Trinajstić information content (AvgIpc) is 3.42. The van der Waals surface area contributed by atoms with Crippen LogP contribution in [0.2, 0.25) is 0 Å². The quantitative estimate of drug-likeness (QED) is 0.240. The Balaban J connectivity index is 1.43. The van der Waals surface area contributed by atoms with Crippen LogP contribution < -0.4 is 4.74 Å². The third-order valence-electron chi connectivity index (χ3n) is 7.62. The van der Waals surface area contributed by atoms with Gasteiger partial charge in [0.2, 0.25) is 5.91 Å². The zero-order valence-corrected chi connectivity index (χ0v) is 26.0. The number of methoxy groups -OCH3 is 1. The van der Waals surface area contributed by atoms with Crippen molar-refractivity contribution in [2.24, 2.45) is 10.9 Å². The van der Waals surface area contributed by atoms with Gasteiger partial charge in [-0.05, 0) is 61.9 Å². The molecular weight excluding hydrogens is 582 g/mol. The number of fused-ring (bicyclic) bond motifs is 1. The lowest BCUT2D eigenvalue weighted by atomic mass is 9.93. The second kappa shape index (κ2) is 14.6. The normalized spacial score (nSPS) is 19.6. The summed E-state index contributed by atoms with van der Waals surface area (Å²) in [4.78, 5) is 48.0. The lowest BCUT2D eigenvalue weighted by Gasteiger charge is -2.37. The van der Waals surface area contributed by atoms with Gasteiger partial charge in [-0.2, -0.15) is 0 Å². The van der Waals surface area contributed by atoms with Gasteiger partial charge in [0.25, 0.3) is 0 Å². The topological polar surface area (TPSA) is 107 Å². The van der Waals surface area contributed by atoms with Gasteiger partial charge in [-0.1, -0.05) is 42.1 Å². The molecule has 3 aliphatic heterocycles. The smallest absolute Gasteiger partial charge is 0.338 e. The lowest BCUT2D eigenvalue weighted by molar-refractivity contribution is -0.151. The van der Waals surface area contributed by atoms with Gasteiger partial charge in [-0.25, -0.2) is 9.79 Å². The van der Waals surface area contributed by atoms with Gasteiger partial charge in [-0.15, -0.1) is 0 Å². The van der Waals surface area contributed by atoms with Crippen molar-refractivity contribution < 1.29 is 33.3 Å². The van der Waals surface area contributed by atoms with E-state index >= 15 is 0 Å². The number of allylic oxidation sites excluding steroid dienone is 1. The second-order valence-electron chi connectivity index (χ2n) is 10.6. The fraction of sp³-hybridized carbons (Fsp3) is 0.394. The zero-order valence-electron chi connectivity index (χ0n) is 25.2. The van der Waals surface area contributed by atoms with Crippen LogP contribution in [0.15, 0.2) is 82.0 Å². The first-order valence-electron chi connectivity index (χ1n) is 14.8. The van der Waals surface area contributed by atoms with Crippen LogP contribution in [0.25, 0.3) is 0 Å². The molecule has 0 saturated carbocycles. The molecule has 1 saturated heterocycles. The third kappa shape index (κ3) is 7.16. The molecule has 1 fully saturated rings. The number of thioether (sulfide) groups is 1. The highest BCUT2D eigenvalue weighted by molar-refractivity contribution is 8.16. The van der Waals surface area contributed by atoms with Crippen molar-refractivity contribution in [1.82, 2.24) is 9.80 Å². The lowest BCUT2D eigenvalue weighted by Crippen LogP contribution is -2.44. The highest BCUT2D eigenvalue weighted by atomic mass is 32.2. The predicted molar refractivity (Wildman–Crippen MR) is 167 cm³/mol. The number of piperidine rings is 1. The van der Waals surface area contributed by atoms with Crippen LogP contribution >= 0.6 is 11.8 Å². The second-order valence-corrected chi connectivity index (χ2v) is 11.5. The van der Waals surface area contributed by atoms with Crippen LogP contribution in [0.3, 0.4) is 0 Å². The van der Waals surface area contributed by atoms with Gasteiger partial charge in [0, 0.05) is 25.9 Å². The largest absolute Gasteiger partial charge is 0.466 e. The number of hydrogen-bond donors (Lipinski definition) is 0. The molecule has 3 aliphatic rings. The number of aliphatic imine (C=N–C) groups is 1. The van der Waals surface area contributed by atoms with Crippen molar-refractivity contribution in [3.05, 3.63) is 82.5 Å². The van der Waals surface area contributed by atoms with Crippen LogP contribution in [0.1, 0.15) is 44.7 Å². The Kier molecular flexibility index (Phi) is 10.4. The maximum absolute atomic E-state index is 13.6. The maximum atomic E-state index is 13.6. The Hall–Kier alpha value is -4.09. The van der Waals surface area contributed by atoms with Crippen molar-refractivity contribution in [1.29, 1.82) is 0 Å². The molecule has 0 spiro atoms. The van der Waals surface area contributed by atoms with E-state index < -0.39 is 12.0 Å². The zero-order chi connectivity index (χ0) is 31.1.